The fourth-order valence-corrected chi connectivity index (χ4v) is 2.79. The van der Waals surface area contributed by atoms with Gasteiger partial charge in [-0.2, -0.15) is 11.8 Å². The predicted molar refractivity (Wildman–Crippen MR) is 87.5 cm³/mol. The van der Waals surface area contributed by atoms with Crippen molar-refractivity contribution in [2.24, 2.45) is 0 Å². The molecule has 4 nitrogen and oxygen atoms in total. The van der Waals surface area contributed by atoms with Gasteiger partial charge in [0, 0.05) is 15.7 Å². The number of hydrogen-bond acceptors (Lipinski definition) is 4. The summed E-state index contributed by atoms with van der Waals surface area (Å²) in [5.41, 5.74) is 0.516. The van der Waals surface area contributed by atoms with Gasteiger partial charge in [-0.05, 0) is 36.6 Å². The molecular weight excluding hydrogens is 356 g/mol. The Morgan fingerprint density at radius 2 is 2.00 bits per heavy atom. The molecule has 2 N–H and O–H groups in total. The van der Waals surface area contributed by atoms with E-state index in [0.717, 1.165) is 5.76 Å². The van der Waals surface area contributed by atoms with Crippen molar-refractivity contribution < 1.29 is 45.3 Å². The third-order valence-corrected chi connectivity index (χ3v) is 3.68. The molecule has 0 bridgehead atoms. The van der Waals surface area contributed by atoms with Crippen LogP contribution in [0.2, 0.25) is 10.0 Å². The minimum absolute atomic E-state index is 0. The van der Waals surface area contributed by atoms with Crippen LogP contribution in [0.25, 0.3) is 0 Å². The summed E-state index contributed by atoms with van der Waals surface area (Å²) in [5.74, 6) is 0.712. The van der Waals surface area contributed by atoms with Crippen LogP contribution >= 0.6 is 35.0 Å². The van der Waals surface area contributed by atoms with E-state index in [-0.39, 0.29) is 31.0 Å². The maximum absolute atomic E-state index is 11.4. The number of benzene rings is 1. The van der Waals surface area contributed by atoms with E-state index in [4.69, 9.17) is 27.6 Å². The van der Waals surface area contributed by atoms with Gasteiger partial charge in [0.25, 0.3) is 0 Å². The van der Waals surface area contributed by atoms with Crippen molar-refractivity contribution >= 4 is 46.6 Å². The van der Waals surface area contributed by atoms with Gasteiger partial charge in [0.05, 0.1) is 5.75 Å². The van der Waals surface area contributed by atoms with Crippen molar-refractivity contribution in [3.63, 3.8) is 0 Å². The number of carbonyl (C=O) groups is 1. The van der Waals surface area contributed by atoms with Gasteiger partial charge in [-0.15, -0.1) is 0 Å². The molecule has 114 valence electrons. The van der Waals surface area contributed by atoms with Gasteiger partial charge in [-0.3, -0.25) is 0 Å². The molecule has 8 heteroatoms. The molecule has 1 heterocycles. The zero-order valence-corrected chi connectivity index (χ0v) is 16.4. The van der Waals surface area contributed by atoms with Crippen LogP contribution in [0.3, 0.4) is 0 Å². The van der Waals surface area contributed by atoms with E-state index in [1.54, 1.807) is 42.1 Å². The van der Waals surface area contributed by atoms with Crippen LogP contribution in [0.1, 0.15) is 19.0 Å². The molecule has 0 saturated carbocycles. The number of thioether (sulfide) groups is 1. The Kier molecular flexibility index (Phi) is 8.17. The maximum atomic E-state index is 11.4. The fourth-order valence-electron chi connectivity index (χ4n) is 1.83. The van der Waals surface area contributed by atoms with E-state index in [1.807, 2.05) is 6.26 Å². The van der Waals surface area contributed by atoms with Gasteiger partial charge in [-0.25, -0.2) is 4.79 Å². The molecular formula is C14H14Cl2NNaO3S. The van der Waals surface area contributed by atoms with E-state index in [0.29, 0.717) is 27.2 Å². The maximum Gasteiger partial charge on any atom is 1.00 e. The van der Waals surface area contributed by atoms with Crippen molar-refractivity contribution in [2.45, 2.75) is 11.8 Å². The minimum atomic E-state index is -1.05. The van der Waals surface area contributed by atoms with Crippen molar-refractivity contribution in [2.75, 3.05) is 11.6 Å². The van der Waals surface area contributed by atoms with Gasteiger partial charge in [0.15, 0.2) is 6.04 Å². The zero-order chi connectivity index (χ0) is 15.4. The topological polar surface area (TPSA) is 62.5 Å². The Bertz CT molecular complexity index is 636. The summed E-state index contributed by atoms with van der Waals surface area (Å²) in [6, 6.07) is 7.21. The minimum Gasteiger partial charge on any atom is -1.00 e. The molecule has 0 amide bonds. The van der Waals surface area contributed by atoms with E-state index < -0.39 is 12.0 Å². The molecule has 1 aromatic carbocycles. The van der Waals surface area contributed by atoms with Crippen LogP contribution in [0.4, 0.5) is 5.69 Å². The third-order valence-electron chi connectivity index (χ3n) is 2.67. The Balaban J connectivity index is 0.00000242. The largest absolute Gasteiger partial charge is 1.00 e. The molecule has 0 radical (unpaired) electrons. The number of hydrogen-bond donors (Lipinski definition) is 2. The second-order valence-electron chi connectivity index (χ2n) is 4.31. The number of anilines is 1. The van der Waals surface area contributed by atoms with Crippen LogP contribution in [0, 0.1) is 0 Å². The van der Waals surface area contributed by atoms with Crippen LogP contribution in [0.5, 0.6) is 0 Å². The third kappa shape index (κ3) is 5.41. The number of rotatable bonds is 6. The van der Waals surface area contributed by atoms with Gasteiger partial charge < -0.3 is 16.3 Å². The molecule has 0 saturated heterocycles. The number of carboxylic acid groups (broad SMARTS) is 1. The van der Waals surface area contributed by atoms with Crippen molar-refractivity contribution in [1.29, 1.82) is 0 Å². The molecule has 0 aliphatic carbocycles. The second-order valence-corrected chi connectivity index (χ2v) is 6.05. The molecule has 1 aromatic heterocycles. The smallest absolute Gasteiger partial charge is 1.00 e. The molecule has 1 unspecified atom stereocenters. The van der Waals surface area contributed by atoms with Gasteiger partial charge in [-0.1, -0.05) is 23.2 Å². The first-order valence-corrected chi connectivity index (χ1v) is 8.17. The first-order valence-electron chi connectivity index (χ1n) is 6.02. The summed E-state index contributed by atoms with van der Waals surface area (Å²) in [6.45, 7) is 0. The van der Waals surface area contributed by atoms with E-state index in [9.17, 15) is 9.90 Å². The van der Waals surface area contributed by atoms with Crippen LogP contribution < -0.4 is 34.9 Å². The monoisotopic (exact) mass is 369 g/mol. The Hall–Kier alpha value is -0.300. The molecule has 0 spiro atoms. The summed E-state index contributed by atoms with van der Waals surface area (Å²) >= 11 is 13.4. The Labute approximate surface area is 166 Å². The average Bonchev–Trinajstić information content (AvgIpc) is 2.83. The molecule has 2 aromatic rings. The summed E-state index contributed by atoms with van der Waals surface area (Å²) in [4.78, 5) is 11.4. The van der Waals surface area contributed by atoms with Gasteiger partial charge in [0.2, 0.25) is 0 Å². The fraction of sp³-hybridized carbons (Fsp3) is 0.214. The number of carboxylic acids is 1. The summed E-state index contributed by atoms with van der Waals surface area (Å²) in [7, 11) is 0. The molecule has 0 aliphatic rings. The Morgan fingerprint density at radius 1 is 1.36 bits per heavy atom. The number of nitrogens with one attached hydrogen (secondary N) is 1. The summed E-state index contributed by atoms with van der Waals surface area (Å²) in [6.07, 6.45) is 1.95. The SMILES string of the molecule is CSCc1ccc(C(Nc2cc(Cl)cc(Cl)c2)C(=O)O)o1.[H-].[Na+]. The quantitative estimate of drug-likeness (QED) is 0.760. The summed E-state index contributed by atoms with van der Waals surface area (Å²) < 4.78 is 5.55. The van der Waals surface area contributed by atoms with E-state index >= 15 is 0 Å². The van der Waals surface area contributed by atoms with Gasteiger partial charge >= 0.3 is 35.5 Å². The van der Waals surface area contributed by atoms with Crippen LogP contribution in [0.15, 0.2) is 34.7 Å². The Morgan fingerprint density at radius 3 is 2.55 bits per heavy atom. The summed E-state index contributed by atoms with van der Waals surface area (Å²) in [5, 5.41) is 13.1. The van der Waals surface area contributed by atoms with Crippen LogP contribution in [-0.2, 0) is 10.5 Å². The average molecular weight is 370 g/mol. The predicted octanol–water partition coefficient (Wildman–Crippen LogP) is 1.80. The normalized spacial score (nSPS) is 11.6. The number of furan rings is 1. The van der Waals surface area contributed by atoms with Crippen molar-refractivity contribution in [3.8, 4) is 0 Å². The second kappa shape index (κ2) is 9.11. The molecule has 0 fully saturated rings. The molecule has 2 rings (SSSR count). The standard InChI is InChI=1S/C14H13Cl2NO3S.Na.H/c1-21-7-11-2-3-12(20-11)13(14(18)19)17-10-5-8(15)4-9(16)6-10;;/h2-6,13,17H,7H2,1H3,(H,18,19);;/q;+1;-1. The molecule has 1 atom stereocenters. The van der Waals surface area contributed by atoms with Crippen molar-refractivity contribution in [1.82, 2.24) is 0 Å². The van der Waals surface area contributed by atoms with Crippen LogP contribution in [-0.4, -0.2) is 17.3 Å². The van der Waals surface area contributed by atoms with E-state index in [1.165, 1.54) is 0 Å². The zero-order valence-electron chi connectivity index (χ0n) is 13.1. The number of aliphatic carboxylic acids is 1. The molecule has 22 heavy (non-hydrogen) atoms. The first kappa shape index (κ1) is 19.7. The van der Waals surface area contributed by atoms with E-state index in [2.05, 4.69) is 5.32 Å². The number of halogens is 2. The van der Waals surface area contributed by atoms with Gasteiger partial charge in [0.1, 0.15) is 11.5 Å². The van der Waals surface area contributed by atoms with Crippen molar-refractivity contribution in [3.05, 3.63) is 51.9 Å². The first-order chi connectivity index (χ1) is 9.99. The molecule has 0 aliphatic heterocycles.